The van der Waals surface area contributed by atoms with Crippen LogP contribution < -0.4 is 5.32 Å². The van der Waals surface area contributed by atoms with Gasteiger partial charge in [0, 0.05) is 12.4 Å². The van der Waals surface area contributed by atoms with Crippen molar-refractivity contribution in [1.82, 2.24) is 5.32 Å². The molecule has 0 spiro atoms. The SMILES string of the molecule is C/C=C1/CNCS1. The average molecular weight is 115 g/mol. The van der Waals surface area contributed by atoms with E-state index in [1.807, 2.05) is 11.8 Å². The summed E-state index contributed by atoms with van der Waals surface area (Å²) in [5, 5.41) is 3.22. The molecule has 0 aromatic carbocycles. The molecule has 2 heteroatoms. The second-order valence-electron chi connectivity index (χ2n) is 1.47. The second kappa shape index (κ2) is 2.38. The molecule has 0 radical (unpaired) electrons. The molecule has 0 atom stereocenters. The van der Waals surface area contributed by atoms with Crippen LogP contribution in [0.2, 0.25) is 0 Å². The van der Waals surface area contributed by atoms with Crippen molar-refractivity contribution in [3.05, 3.63) is 11.0 Å². The van der Waals surface area contributed by atoms with E-state index in [4.69, 9.17) is 0 Å². The molecule has 0 saturated carbocycles. The Kier molecular flexibility index (Phi) is 1.77. The van der Waals surface area contributed by atoms with E-state index in [-0.39, 0.29) is 0 Å². The Morgan fingerprint density at radius 2 is 2.71 bits per heavy atom. The minimum Gasteiger partial charge on any atom is -0.303 e. The average Bonchev–Trinajstić information content (AvgIpc) is 2.14. The minimum atomic E-state index is 1.08. The third-order valence-corrected chi connectivity index (χ3v) is 2.08. The van der Waals surface area contributed by atoms with Gasteiger partial charge in [-0.05, 0) is 11.8 Å². The Morgan fingerprint density at radius 1 is 1.86 bits per heavy atom. The van der Waals surface area contributed by atoms with Crippen molar-refractivity contribution in [3.63, 3.8) is 0 Å². The van der Waals surface area contributed by atoms with Gasteiger partial charge in [0.1, 0.15) is 0 Å². The molecule has 0 bridgehead atoms. The zero-order chi connectivity index (χ0) is 5.11. The maximum absolute atomic E-state index is 3.22. The molecule has 1 heterocycles. The summed E-state index contributed by atoms with van der Waals surface area (Å²) in [5.74, 6) is 1.10. The number of thioether (sulfide) groups is 1. The molecule has 1 N–H and O–H groups in total. The van der Waals surface area contributed by atoms with Crippen molar-refractivity contribution in [3.8, 4) is 0 Å². The lowest BCUT2D eigenvalue weighted by atomic mass is 10.5. The number of hydrogen-bond donors (Lipinski definition) is 1. The molecule has 1 nitrogen and oxygen atoms in total. The molecule has 0 unspecified atom stereocenters. The first kappa shape index (κ1) is 5.19. The third-order valence-electron chi connectivity index (χ3n) is 0.981. The van der Waals surface area contributed by atoms with Crippen molar-refractivity contribution in [2.45, 2.75) is 6.92 Å². The Morgan fingerprint density at radius 3 is 3.00 bits per heavy atom. The molecule has 7 heavy (non-hydrogen) atoms. The molecule has 40 valence electrons. The monoisotopic (exact) mass is 115 g/mol. The van der Waals surface area contributed by atoms with E-state index in [1.54, 1.807) is 0 Å². The highest BCUT2D eigenvalue weighted by molar-refractivity contribution is 8.03. The van der Waals surface area contributed by atoms with Crippen LogP contribution in [0.3, 0.4) is 0 Å². The quantitative estimate of drug-likeness (QED) is 0.509. The number of hydrogen-bond acceptors (Lipinski definition) is 2. The highest BCUT2D eigenvalue weighted by Gasteiger charge is 2.02. The predicted octanol–water partition coefficient (Wildman–Crippen LogP) is 1.18. The van der Waals surface area contributed by atoms with E-state index in [0.717, 1.165) is 12.4 Å². The Balaban J connectivity index is 2.41. The summed E-state index contributed by atoms with van der Waals surface area (Å²) in [7, 11) is 0. The van der Waals surface area contributed by atoms with Crippen LogP contribution in [0.25, 0.3) is 0 Å². The maximum atomic E-state index is 3.22. The van der Waals surface area contributed by atoms with Crippen molar-refractivity contribution in [2.24, 2.45) is 0 Å². The summed E-state index contributed by atoms with van der Waals surface area (Å²) in [5.41, 5.74) is 0. The molecule has 1 saturated heterocycles. The van der Waals surface area contributed by atoms with Crippen molar-refractivity contribution in [2.75, 3.05) is 12.4 Å². The maximum Gasteiger partial charge on any atom is 0.0465 e. The zero-order valence-electron chi connectivity index (χ0n) is 4.40. The lowest BCUT2D eigenvalue weighted by molar-refractivity contribution is 0.913. The predicted molar refractivity (Wildman–Crippen MR) is 34.2 cm³/mol. The van der Waals surface area contributed by atoms with E-state index in [9.17, 15) is 0 Å². The van der Waals surface area contributed by atoms with Gasteiger partial charge in [0.15, 0.2) is 0 Å². The summed E-state index contributed by atoms with van der Waals surface area (Å²) in [6.45, 7) is 3.16. The Labute approximate surface area is 48.2 Å². The van der Waals surface area contributed by atoms with Crippen LogP contribution in [0.1, 0.15) is 6.92 Å². The van der Waals surface area contributed by atoms with E-state index < -0.39 is 0 Å². The van der Waals surface area contributed by atoms with Crippen LogP contribution >= 0.6 is 11.8 Å². The van der Waals surface area contributed by atoms with Gasteiger partial charge in [0.25, 0.3) is 0 Å². The molecule has 0 aromatic rings. The van der Waals surface area contributed by atoms with Gasteiger partial charge in [-0.2, -0.15) is 0 Å². The first-order valence-corrected chi connectivity index (χ1v) is 3.41. The molecule has 1 fully saturated rings. The highest BCUT2D eigenvalue weighted by atomic mass is 32.2. The molecule has 1 rings (SSSR count). The summed E-state index contributed by atoms with van der Waals surface area (Å²) < 4.78 is 0. The first-order chi connectivity index (χ1) is 3.43. The van der Waals surface area contributed by atoms with Crippen molar-refractivity contribution in [1.29, 1.82) is 0 Å². The Bertz CT molecular complexity index is 80.1. The lowest BCUT2D eigenvalue weighted by Crippen LogP contribution is -2.03. The fraction of sp³-hybridized carbons (Fsp3) is 0.600. The van der Waals surface area contributed by atoms with Crippen molar-refractivity contribution >= 4 is 11.8 Å². The topological polar surface area (TPSA) is 12.0 Å². The standard InChI is InChI=1S/C5H9NS/c1-2-5-3-6-4-7-5/h2,6H,3-4H2,1H3/b5-2-. The second-order valence-corrected chi connectivity index (χ2v) is 2.57. The lowest BCUT2D eigenvalue weighted by Gasteiger charge is -1.83. The zero-order valence-corrected chi connectivity index (χ0v) is 5.22. The van der Waals surface area contributed by atoms with Crippen LogP contribution in [0.4, 0.5) is 0 Å². The summed E-state index contributed by atoms with van der Waals surface area (Å²) in [6.07, 6.45) is 2.16. The van der Waals surface area contributed by atoms with Gasteiger partial charge in [0.2, 0.25) is 0 Å². The number of nitrogens with one attached hydrogen (secondary N) is 1. The summed E-state index contributed by atoms with van der Waals surface area (Å²) in [4.78, 5) is 1.47. The minimum absolute atomic E-state index is 1.08. The summed E-state index contributed by atoms with van der Waals surface area (Å²) >= 11 is 1.89. The van der Waals surface area contributed by atoms with E-state index >= 15 is 0 Å². The van der Waals surface area contributed by atoms with Crippen LogP contribution in [-0.2, 0) is 0 Å². The van der Waals surface area contributed by atoms with Gasteiger partial charge < -0.3 is 5.32 Å². The normalized spacial score (nSPS) is 26.7. The molecule has 0 aromatic heterocycles. The third kappa shape index (κ3) is 1.21. The molecule has 0 amide bonds. The van der Waals surface area contributed by atoms with Crippen molar-refractivity contribution < 1.29 is 0 Å². The fourth-order valence-corrected chi connectivity index (χ4v) is 1.31. The van der Waals surface area contributed by atoms with E-state index in [1.165, 1.54) is 4.91 Å². The largest absolute Gasteiger partial charge is 0.303 e. The number of rotatable bonds is 0. The molecular weight excluding hydrogens is 106 g/mol. The van der Waals surface area contributed by atoms with E-state index in [2.05, 4.69) is 18.3 Å². The van der Waals surface area contributed by atoms with Gasteiger partial charge in [-0.1, -0.05) is 6.08 Å². The van der Waals surface area contributed by atoms with Gasteiger partial charge >= 0.3 is 0 Å². The first-order valence-electron chi connectivity index (χ1n) is 2.42. The highest BCUT2D eigenvalue weighted by Crippen LogP contribution is 2.17. The number of allylic oxidation sites excluding steroid dienone is 1. The summed E-state index contributed by atoms with van der Waals surface area (Å²) in [6, 6.07) is 0. The smallest absolute Gasteiger partial charge is 0.0465 e. The fourth-order valence-electron chi connectivity index (χ4n) is 0.554. The molecular formula is C5H9NS. The van der Waals surface area contributed by atoms with Gasteiger partial charge in [0.05, 0.1) is 0 Å². The molecule has 0 aliphatic carbocycles. The van der Waals surface area contributed by atoms with Crippen LogP contribution in [0, 0.1) is 0 Å². The van der Waals surface area contributed by atoms with Gasteiger partial charge in [-0.3, -0.25) is 0 Å². The van der Waals surface area contributed by atoms with Crippen LogP contribution in [0.5, 0.6) is 0 Å². The molecule has 1 aliphatic heterocycles. The van der Waals surface area contributed by atoms with Crippen LogP contribution in [-0.4, -0.2) is 12.4 Å². The Hall–Kier alpha value is 0.0500. The van der Waals surface area contributed by atoms with Crippen LogP contribution in [0.15, 0.2) is 11.0 Å². The van der Waals surface area contributed by atoms with Gasteiger partial charge in [-0.15, -0.1) is 11.8 Å². The van der Waals surface area contributed by atoms with Gasteiger partial charge in [-0.25, -0.2) is 0 Å². The molecule has 1 aliphatic rings. The van der Waals surface area contributed by atoms with E-state index in [0.29, 0.717) is 0 Å².